The third kappa shape index (κ3) is 8.15. The SMILES string of the molecule is CN=C(NCCCOc1ccccc1)NCc1cnn(Cc2ccccc2)c1.I. The number of guanidine groups is 1. The standard InChI is InChI=1S/C22H27N5O.HI/c1-23-22(24-13-8-14-28-21-11-6-3-7-12-21)25-15-20-16-26-27(18-20)17-19-9-4-2-5-10-19;/h2-7,9-12,16,18H,8,13-15,17H2,1H3,(H2,23,24,25);1H. The first-order valence-electron chi connectivity index (χ1n) is 9.51. The Bertz CT molecular complexity index is 852. The van der Waals surface area contributed by atoms with E-state index in [0.717, 1.165) is 36.8 Å². The molecular formula is C22H28IN5O. The molecule has 29 heavy (non-hydrogen) atoms. The Kier molecular flexibility index (Phi) is 10.1. The van der Waals surface area contributed by atoms with Gasteiger partial charge in [0.1, 0.15) is 5.75 Å². The van der Waals surface area contributed by atoms with Crippen molar-refractivity contribution < 1.29 is 4.74 Å². The van der Waals surface area contributed by atoms with Gasteiger partial charge in [-0.2, -0.15) is 5.10 Å². The van der Waals surface area contributed by atoms with Gasteiger partial charge in [-0.3, -0.25) is 9.67 Å². The fourth-order valence-corrected chi connectivity index (χ4v) is 2.75. The maximum Gasteiger partial charge on any atom is 0.191 e. The van der Waals surface area contributed by atoms with E-state index < -0.39 is 0 Å². The van der Waals surface area contributed by atoms with Gasteiger partial charge in [0.25, 0.3) is 0 Å². The van der Waals surface area contributed by atoms with Crippen LogP contribution in [0, 0.1) is 0 Å². The summed E-state index contributed by atoms with van der Waals surface area (Å²) in [7, 11) is 1.77. The predicted octanol–water partition coefficient (Wildman–Crippen LogP) is 3.68. The van der Waals surface area contributed by atoms with E-state index >= 15 is 0 Å². The zero-order chi connectivity index (χ0) is 19.4. The zero-order valence-electron chi connectivity index (χ0n) is 16.6. The van der Waals surface area contributed by atoms with Crippen LogP contribution in [0.1, 0.15) is 17.5 Å². The van der Waals surface area contributed by atoms with Crippen LogP contribution in [0.3, 0.4) is 0 Å². The molecular weight excluding hydrogens is 477 g/mol. The Morgan fingerprint density at radius 2 is 1.72 bits per heavy atom. The fraction of sp³-hybridized carbons (Fsp3) is 0.273. The monoisotopic (exact) mass is 505 g/mol. The van der Waals surface area contributed by atoms with E-state index in [4.69, 9.17) is 4.74 Å². The molecule has 2 aromatic carbocycles. The summed E-state index contributed by atoms with van der Waals surface area (Å²) < 4.78 is 7.64. The van der Waals surface area contributed by atoms with Gasteiger partial charge in [0.05, 0.1) is 19.3 Å². The van der Waals surface area contributed by atoms with Crippen LogP contribution in [0.25, 0.3) is 0 Å². The van der Waals surface area contributed by atoms with Crippen molar-refractivity contribution in [3.05, 3.63) is 84.2 Å². The molecule has 3 aromatic rings. The van der Waals surface area contributed by atoms with Crippen LogP contribution in [0.5, 0.6) is 5.75 Å². The number of para-hydroxylation sites is 1. The highest BCUT2D eigenvalue weighted by Crippen LogP contribution is 2.08. The highest BCUT2D eigenvalue weighted by Gasteiger charge is 2.02. The van der Waals surface area contributed by atoms with Crippen molar-refractivity contribution in [3.63, 3.8) is 0 Å². The topological polar surface area (TPSA) is 63.5 Å². The molecule has 0 fully saturated rings. The predicted molar refractivity (Wildman–Crippen MR) is 128 cm³/mol. The van der Waals surface area contributed by atoms with Gasteiger partial charge in [0.15, 0.2) is 5.96 Å². The molecule has 0 radical (unpaired) electrons. The summed E-state index contributed by atoms with van der Waals surface area (Å²) in [6.45, 7) is 2.91. The summed E-state index contributed by atoms with van der Waals surface area (Å²) in [4.78, 5) is 4.26. The van der Waals surface area contributed by atoms with Crippen molar-refractivity contribution in [2.75, 3.05) is 20.2 Å². The van der Waals surface area contributed by atoms with E-state index in [2.05, 4.69) is 39.1 Å². The lowest BCUT2D eigenvalue weighted by atomic mass is 10.2. The molecule has 1 heterocycles. The average molecular weight is 505 g/mol. The Hall–Kier alpha value is -2.55. The number of ether oxygens (including phenoxy) is 1. The van der Waals surface area contributed by atoms with Gasteiger partial charge >= 0.3 is 0 Å². The van der Waals surface area contributed by atoms with Crippen molar-refractivity contribution in [2.24, 2.45) is 4.99 Å². The minimum absolute atomic E-state index is 0. The van der Waals surface area contributed by atoms with Crippen LogP contribution in [-0.4, -0.2) is 35.9 Å². The molecule has 0 atom stereocenters. The molecule has 0 spiro atoms. The summed E-state index contributed by atoms with van der Waals surface area (Å²) in [6.07, 6.45) is 4.84. The van der Waals surface area contributed by atoms with Crippen LogP contribution < -0.4 is 15.4 Å². The highest BCUT2D eigenvalue weighted by atomic mass is 127. The van der Waals surface area contributed by atoms with Gasteiger partial charge in [0, 0.05) is 31.9 Å². The number of halogens is 1. The molecule has 0 amide bonds. The summed E-state index contributed by atoms with van der Waals surface area (Å²) in [5, 5.41) is 11.1. The van der Waals surface area contributed by atoms with Crippen LogP contribution in [0.15, 0.2) is 78.0 Å². The van der Waals surface area contributed by atoms with E-state index in [-0.39, 0.29) is 24.0 Å². The van der Waals surface area contributed by atoms with Gasteiger partial charge in [-0.15, -0.1) is 24.0 Å². The van der Waals surface area contributed by atoms with Gasteiger partial charge in [-0.25, -0.2) is 0 Å². The molecule has 3 rings (SSSR count). The molecule has 154 valence electrons. The lowest BCUT2D eigenvalue weighted by Crippen LogP contribution is -2.37. The molecule has 7 heteroatoms. The number of nitrogens with one attached hydrogen (secondary N) is 2. The normalized spacial score (nSPS) is 10.9. The van der Waals surface area contributed by atoms with Crippen molar-refractivity contribution >= 4 is 29.9 Å². The molecule has 2 N–H and O–H groups in total. The average Bonchev–Trinajstić information content (AvgIpc) is 3.19. The smallest absolute Gasteiger partial charge is 0.191 e. The third-order valence-corrected chi connectivity index (χ3v) is 4.18. The Labute approximate surface area is 189 Å². The van der Waals surface area contributed by atoms with Crippen LogP contribution in [0.2, 0.25) is 0 Å². The fourth-order valence-electron chi connectivity index (χ4n) is 2.75. The van der Waals surface area contributed by atoms with Crippen molar-refractivity contribution in [2.45, 2.75) is 19.5 Å². The number of nitrogens with zero attached hydrogens (tertiary/aromatic N) is 3. The molecule has 0 saturated carbocycles. The Morgan fingerprint density at radius 3 is 2.45 bits per heavy atom. The number of rotatable bonds is 9. The van der Waals surface area contributed by atoms with Gasteiger partial charge in [0.2, 0.25) is 0 Å². The molecule has 0 unspecified atom stereocenters. The first kappa shape index (κ1) is 22.7. The lowest BCUT2D eigenvalue weighted by Gasteiger charge is -2.11. The minimum Gasteiger partial charge on any atom is -0.494 e. The Balaban J connectivity index is 0.00000300. The minimum atomic E-state index is 0. The maximum atomic E-state index is 5.69. The largest absolute Gasteiger partial charge is 0.494 e. The molecule has 0 aliphatic rings. The van der Waals surface area contributed by atoms with E-state index in [1.54, 1.807) is 7.05 Å². The zero-order valence-corrected chi connectivity index (χ0v) is 19.0. The van der Waals surface area contributed by atoms with E-state index in [1.165, 1.54) is 5.56 Å². The van der Waals surface area contributed by atoms with Gasteiger partial charge in [-0.05, 0) is 24.1 Å². The lowest BCUT2D eigenvalue weighted by molar-refractivity contribution is 0.311. The number of aliphatic imine (C=N–C) groups is 1. The van der Waals surface area contributed by atoms with E-state index in [9.17, 15) is 0 Å². The van der Waals surface area contributed by atoms with Crippen LogP contribution in [-0.2, 0) is 13.1 Å². The summed E-state index contributed by atoms with van der Waals surface area (Å²) in [5.74, 6) is 1.67. The van der Waals surface area contributed by atoms with Crippen molar-refractivity contribution in [1.82, 2.24) is 20.4 Å². The van der Waals surface area contributed by atoms with Gasteiger partial charge in [-0.1, -0.05) is 48.5 Å². The number of hydrogen-bond donors (Lipinski definition) is 2. The molecule has 0 bridgehead atoms. The van der Waals surface area contributed by atoms with Crippen LogP contribution >= 0.6 is 24.0 Å². The first-order chi connectivity index (χ1) is 13.8. The maximum absolute atomic E-state index is 5.69. The second-order valence-electron chi connectivity index (χ2n) is 6.40. The summed E-state index contributed by atoms with van der Waals surface area (Å²) in [6, 6.07) is 20.2. The van der Waals surface area contributed by atoms with Crippen molar-refractivity contribution in [1.29, 1.82) is 0 Å². The third-order valence-electron chi connectivity index (χ3n) is 4.18. The van der Waals surface area contributed by atoms with E-state index in [1.807, 2.05) is 59.4 Å². The number of benzene rings is 2. The van der Waals surface area contributed by atoms with Gasteiger partial charge < -0.3 is 15.4 Å². The molecule has 6 nitrogen and oxygen atoms in total. The Morgan fingerprint density at radius 1 is 1.00 bits per heavy atom. The van der Waals surface area contributed by atoms with Crippen molar-refractivity contribution in [3.8, 4) is 5.75 Å². The summed E-state index contributed by atoms with van der Waals surface area (Å²) in [5.41, 5.74) is 2.35. The highest BCUT2D eigenvalue weighted by molar-refractivity contribution is 14.0. The second kappa shape index (κ2) is 12.8. The second-order valence-corrected chi connectivity index (χ2v) is 6.40. The number of hydrogen-bond acceptors (Lipinski definition) is 3. The molecule has 1 aromatic heterocycles. The van der Waals surface area contributed by atoms with Crippen LogP contribution in [0.4, 0.5) is 0 Å². The molecule has 0 aliphatic heterocycles. The summed E-state index contributed by atoms with van der Waals surface area (Å²) >= 11 is 0. The first-order valence-corrected chi connectivity index (χ1v) is 9.51. The molecule has 0 aliphatic carbocycles. The van der Waals surface area contributed by atoms with E-state index in [0.29, 0.717) is 13.2 Å². The number of aromatic nitrogens is 2. The molecule has 0 saturated heterocycles. The quantitative estimate of drug-likeness (QED) is 0.202.